The van der Waals surface area contributed by atoms with Crippen molar-refractivity contribution in [3.05, 3.63) is 118 Å². The van der Waals surface area contributed by atoms with Gasteiger partial charge in [0.05, 0.1) is 19.6 Å². The maximum atomic E-state index is 15.0. The summed E-state index contributed by atoms with van der Waals surface area (Å²) in [5.41, 5.74) is 4.92. The smallest absolute Gasteiger partial charge is 0.336 e. The molecule has 0 aliphatic heterocycles. The average molecular weight is 846 g/mol. The van der Waals surface area contributed by atoms with E-state index in [0.717, 1.165) is 142 Å². The Morgan fingerprint density at radius 3 is 0.984 bits per heavy atom. The molecule has 3 N–H and O–H groups in total. The van der Waals surface area contributed by atoms with Crippen molar-refractivity contribution >= 4 is 0 Å². The Kier molecular flexibility index (Phi) is 13.3. The molecule has 0 amide bonds. The minimum absolute atomic E-state index is 0.0320. The molecule has 9 heteroatoms. The van der Waals surface area contributed by atoms with Crippen LogP contribution in [0.2, 0.25) is 0 Å². The molecule has 0 spiro atoms. The summed E-state index contributed by atoms with van der Waals surface area (Å²) in [6.07, 6.45) is 21.6. The Balaban J connectivity index is 1.28. The molecule has 4 fully saturated rings. The van der Waals surface area contributed by atoms with Gasteiger partial charge in [0.2, 0.25) is 0 Å². The van der Waals surface area contributed by atoms with Crippen LogP contribution in [-0.4, -0.2) is 29.0 Å². The summed E-state index contributed by atoms with van der Waals surface area (Å²) in [5.74, 6) is 1.83. The molecule has 9 nitrogen and oxygen atoms in total. The van der Waals surface area contributed by atoms with Crippen LogP contribution in [0.15, 0.2) is 50.8 Å². The van der Waals surface area contributed by atoms with Crippen molar-refractivity contribution in [1.29, 1.82) is 0 Å². The summed E-state index contributed by atoms with van der Waals surface area (Å²) in [5, 5.41) is 34.9. The van der Waals surface area contributed by atoms with E-state index in [4.69, 9.17) is 0 Å². The molecule has 334 valence electrons. The summed E-state index contributed by atoms with van der Waals surface area (Å²) in [7, 11) is 0. The number of rotatable bonds is 10. The van der Waals surface area contributed by atoms with Crippen LogP contribution in [-0.2, 0) is 25.0 Å². The number of hydrogen-bond donors (Lipinski definition) is 3. The van der Waals surface area contributed by atoms with Crippen LogP contribution < -0.4 is 17.1 Å². The molecule has 4 aromatic rings. The molecule has 0 atom stereocenters. The van der Waals surface area contributed by atoms with Crippen LogP contribution in [0.5, 0.6) is 17.2 Å². The van der Waals surface area contributed by atoms with E-state index in [1.807, 2.05) is 64.1 Å². The minimum Gasteiger partial charge on any atom is -0.507 e. The first-order valence-electron chi connectivity index (χ1n) is 24.3. The van der Waals surface area contributed by atoms with Crippen LogP contribution in [0.3, 0.4) is 0 Å². The molecule has 4 aliphatic carbocycles. The Bertz CT molecular complexity index is 2220. The van der Waals surface area contributed by atoms with Crippen LogP contribution in [0, 0.1) is 6.92 Å². The highest BCUT2D eigenvalue weighted by Crippen LogP contribution is 2.46. The third-order valence-electron chi connectivity index (χ3n) is 15.2. The van der Waals surface area contributed by atoms with Crippen molar-refractivity contribution < 1.29 is 15.3 Å². The van der Waals surface area contributed by atoms with E-state index >= 15 is 0 Å². The van der Waals surface area contributed by atoms with Crippen LogP contribution in [0.25, 0.3) is 0 Å². The fraction of sp³-hybridized carbons (Fsp3) is 0.604. The first-order valence-corrected chi connectivity index (χ1v) is 24.3. The number of aromatic nitrogens is 3. The van der Waals surface area contributed by atoms with Gasteiger partial charge < -0.3 is 15.3 Å². The highest BCUT2D eigenvalue weighted by Gasteiger charge is 2.29. The lowest BCUT2D eigenvalue weighted by Gasteiger charge is -2.28. The molecule has 62 heavy (non-hydrogen) atoms. The predicted octanol–water partition coefficient (Wildman–Crippen LogP) is 11.2. The summed E-state index contributed by atoms with van der Waals surface area (Å²) >= 11 is 0. The van der Waals surface area contributed by atoms with E-state index < -0.39 is 22.5 Å². The topological polar surface area (TPSA) is 127 Å². The van der Waals surface area contributed by atoms with Crippen molar-refractivity contribution in [1.82, 2.24) is 13.7 Å². The molecular formula is C53H71N3O6. The summed E-state index contributed by atoms with van der Waals surface area (Å²) in [6, 6.07) is 11.8. The molecule has 0 saturated heterocycles. The number of aryl methyl sites for hydroxylation is 1. The number of benzene rings is 3. The van der Waals surface area contributed by atoms with Crippen molar-refractivity contribution in [3.63, 3.8) is 0 Å². The maximum Gasteiger partial charge on any atom is 0.336 e. The van der Waals surface area contributed by atoms with E-state index in [0.29, 0.717) is 22.6 Å². The highest BCUT2D eigenvalue weighted by molar-refractivity contribution is 5.50. The van der Waals surface area contributed by atoms with E-state index in [9.17, 15) is 29.7 Å². The predicted molar refractivity (Wildman–Crippen MR) is 248 cm³/mol. The minimum atomic E-state index is -0.678. The van der Waals surface area contributed by atoms with E-state index in [1.54, 1.807) is 0 Å². The molecule has 4 aliphatic rings. The number of aromatic hydroxyl groups is 3. The lowest BCUT2D eigenvalue weighted by Crippen LogP contribution is -2.54. The zero-order valence-corrected chi connectivity index (χ0v) is 37.9. The molecule has 1 heterocycles. The Morgan fingerprint density at radius 2 is 0.710 bits per heavy atom. The van der Waals surface area contributed by atoms with Crippen LogP contribution in [0.1, 0.15) is 223 Å². The Morgan fingerprint density at radius 1 is 0.435 bits per heavy atom. The molecule has 4 saturated carbocycles. The van der Waals surface area contributed by atoms with Gasteiger partial charge in [-0.3, -0.25) is 0 Å². The standard InChI is InChI=1S/C53H71N3O6/c1-34-25-35(30-46(47(34)57)53(2,3)4)31-54-50(60)55(32-36-26-42(38-17-9-5-10-18-38)48(58)43(27-36)39-19-11-6-12-20-39)52(62)56(51(54)61)33-37-28-44(40-21-13-7-14-22-40)49(59)45(29-37)41-23-15-8-16-24-41/h25-30,38-41,57-59H,5-24,31-33H2,1-4H3. The zero-order valence-electron chi connectivity index (χ0n) is 37.9. The van der Waals surface area contributed by atoms with Gasteiger partial charge in [-0.05, 0) is 144 Å². The summed E-state index contributed by atoms with van der Waals surface area (Å²) < 4.78 is 3.64. The van der Waals surface area contributed by atoms with E-state index in [2.05, 4.69) is 0 Å². The van der Waals surface area contributed by atoms with Crippen molar-refractivity contribution in [2.24, 2.45) is 0 Å². The normalized spacial score (nSPS) is 19.0. The molecule has 0 bridgehead atoms. The molecule has 0 unspecified atom stereocenters. The van der Waals surface area contributed by atoms with Gasteiger partial charge in [0.1, 0.15) is 17.2 Å². The van der Waals surface area contributed by atoms with Crippen LogP contribution >= 0.6 is 0 Å². The largest absolute Gasteiger partial charge is 0.507 e. The molecular weight excluding hydrogens is 775 g/mol. The average Bonchev–Trinajstić information content (AvgIpc) is 3.28. The van der Waals surface area contributed by atoms with Crippen molar-refractivity contribution in [3.8, 4) is 17.2 Å². The number of phenols is 3. The van der Waals surface area contributed by atoms with Gasteiger partial charge in [0, 0.05) is 0 Å². The van der Waals surface area contributed by atoms with Crippen LogP contribution in [0.4, 0.5) is 0 Å². The lowest BCUT2D eigenvalue weighted by atomic mass is 9.78. The third-order valence-corrected chi connectivity index (χ3v) is 15.2. The van der Waals surface area contributed by atoms with Gasteiger partial charge in [0.25, 0.3) is 0 Å². The number of hydrogen-bond acceptors (Lipinski definition) is 6. The number of phenolic OH excluding ortho intramolecular Hbond substituents is 3. The van der Waals surface area contributed by atoms with E-state index in [1.165, 1.54) is 39.4 Å². The summed E-state index contributed by atoms with van der Waals surface area (Å²) in [4.78, 5) is 44.7. The first-order chi connectivity index (χ1) is 29.8. The molecule has 8 rings (SSSR count). The van der Waals surface area contributed by atoms with Gasteiger partial charge in [0.15, 0.2) is 0 Å². The monoisotopic (exact) mass is 846 g/mol. The lowest BCUT2D eigenvalue weighted by molar-refractivity contribution is 0.392. The molecule has 3 aromatic carbocycles. The van der Waals surface area contributed by atoms with Crippen molar-refractivity contribution in [2.45, 2.75) is 205 Å². The second-order valence-electron chi connectivity index (χ2n) is 20.8. The van der Waals surface area contributed by atoms with Gasteiger partial charge in [-0.25, -0.2) is 28.1 Å². The highest BCUT2D eigenvalue weighted by atomic mass is 16.3. The molecule has 0 radical (unpaired) electrons. The Hall–Kier alpha value is -4.53. The first kappa shape index (κ1) is 44.1. The van der Waals surface area contributed by atoms with E-state index in [-0.39, 0.29) is 49.1 Å². The van der Waals surface area contributed by atoms with Crippen molar-refractivity contribution in [2.75, 3.05) is 0 Å². The van der Waals surface area contributed by atoms with Gasteiger partial charge in [-0.15, -0.1) is 0 Å². The SMILES string of the molecule is Cc1cc(Cn2c(=O)n(Cc3cc(C4CCCCC4)c(O)c(C4CCCCC4)c3)c(=O)n(Cc3cc(C4CCCCC4)c(O)c(C4CCCCC4)c3)c2=O)cc(C(C)(C)C)c1O. The fourth-order valence-corrected chi connectivity index (χ4v) is 11.7. The second-order valence-corrected chi connectivity index (χ2v) is 20.8. The second kappa shape index (κ2) is 18.7. The number of nitrogens with zero attached hydrogens (tertiary/aromatic N) is 3. The van der Waals surface area contributed by atoms with Gasteiger partial charge >= 0.3 is 17.1 Å². The maximum absolute atomic E-state index is 15.0. The quantitative estimate of drug-likeness (QED) is 0.146. The molecule has 1 aromatic heterocycles. The zero-order chi connectivity index (χ0) is 43.7. The Labute approximate surface area is 367 Å². The van der Waals surface area contributed by atoms with Gasteiger partial charge in [-0.1, -0.05) is 128 Å². The van der Waals surface area contributed by atoms with Gasteiger partial charge in [-0.2, -0.15) is 0 Å². The summed E-state index contributed by atoms with van der Waals surface area (Å²) in [6.45, 7) is 7.75. The third kappa shape index (κ3) is 9.24. The fourth-order valence-electron chi connectivity index (χ4n) is 11.7.